The molecule has 3 rings (SSSR count). The van der Waals surface area contributed by atoms with Gasteiger partial charge in [-0.3, -0.25) is 0 Å². The molecule has 0 bridgehead atoms. The van der Waals surface area contributed by atoms with Crippen LogP contribution in [0.3, 0.4) is 0 Å². The van der Waals surface area contributed by atoms with Crippen molar-refractivity contribution in [3.8, 4) is 0 Å². The highest BCUT2D eigenvalue weighted by Gasteiger charge is 2.09. The van der Waals surface area contributed by atoms with Crippen molar-refractivity contribution in [2.24, 2.45) is 0 Å². The van der Waals surface area contributed by atoms with Crippen molar-refractivity contribution in [2.75, 3.05) is 11.1 Å². The van der Waals surface area contributed by atoms with Crippen LogP contribution < -0.4 is 11.1 Å². The zero-order chi connectivity index (χ0) is 14.5. The molecule has 104 valence electrons. The number of para-hydroxylation sites is 1. The van der Waals surface area contributed by atoms with E-state index >= 15 is 0 Å². The van der Waals surface area contributed by atoms with Gasteiger partial charge in [-0.1, -0.05) is 48.5 Å². The predicted molar refractivity (Wildman–Crippen MR) is 83.2 cm³/mol. The van der Waals surface area contributed by atoms with Crippen molar-refractivity contribution < 1.29 is 0 Å². The summed E-state index contributed by atoms with van der Waals surface area (Å²) in [5.41, 5.74) is 8.50. The third-order valence-corrected chi connectivity index (χ3v) is 3.02. The Hall–Kier alpha value is -2.95. The maximum atomic E-state index is 5.65. The van der Waals surface area contributed by atoms with Gasteiger partial charge in [-0.05, 0) is 17.7 Å². The summed E-state index contributed by atoms with van der Waals surface area (Å²) in [6.45, 7) is 0. The van der Waals surface area contributed by atoms with Crippen LogP contribution in [-0.4, -0.2) is 15.2 Å². The molecule has 0 aliphatic carbocycles. The smallest absolute Gasteiger partial charge is 0.242 e. The lowest BCUT2D eigenvalue weighted by atomic mass is 10.1. The minimum atomic E-state index is 0.158. The number of nitrogens with one attached hydrogen (secondary N) is 1. The Morgan fingerprint density at radius 3 is 2.24 bits per heavy atom. The Morgan fingerprint density at radius 1 is 0.857 bits per heavy atom. The molecule has 3 aromatic rings. The summed E-state index contributed by atoms with van der Waals surface area (Å²) in [6, 6.07) is 19.9. The lowest BCUT2D eigenvalue weighted by Gasteiger charge is -2.10. The second kappa shape index (κ2) is 6.00. The molecule has 1 heterocycles. The van der Waals surface area contributed by atoms with Crippen LogP contribution in [0, 0.1) is 0 Å². The van der Waals surface area contributed by atoms with E-state index in [1.54, 1.807) is 0 Å². The Bertz CT molecular complexity index is 713. The van der Waals surface area contributed by atoms with Crippen molar-refractivity contribution in [2.45, 2.75) is 6.42 Å². The number of benzene rings is 2. The first-order valence-corrected chi connectivity index (χ1v) is 6.66. The van der Waals surface area contributed by atoms with Crippen molar-refractivity contribution in [1.82, 2.24) is 15.2 Å². The maximum absolute atomic E-state index is 5.65. The molecule has 0 saturated heterocycles. The monoisotopic (exact) mass is 277 g/mol. The third kappa shape index (κ3) is 3.33. The average Bonchev–Trinajstić information content (AvgIpc) is 2.52. The zero-order valence-corrected chi connectivity index (χ0v) is 11.4. The molecule has 0 aliphatic heterocycles. The van der Waals surface area contributed by atoms with Crippen molar-refractivity contribution >= 4 is 17.5 Å². The number of anilines is 3. The van der Waals surface area contributed by atoms with Gasteiger partial charge in [0, 0.05) is 12.1 Å². The van der Waals surface area contributed by atoms with Crippen LogP contribution in [0.5, 0.6) is 0 Å². The van der Waals surface area contributed by atoms with E-state index < -0.39 is 0 Å². The molecule has 0 saturated carbocycles. The summed E-state index contributed by atoms with van der Waals surface area (Å²) < 4.78 is 0. The Labute approximate surface area is 122 Å². The predicted octanol–water partition coefficient (Wildman–Crippen LogP) is 2.79. The molecule has 0 amide bonds. The van der Waals surface area contributed by atoms with Gasteiger partial charge < -0.3 is 11.1 Å². The molecule has 0 unspecified atom stereocenters. The van der Waals surface area contributed by atoms with E-state index in [-0.39, 0.29) is 5.95 Å². The minimum absolute atomic E-state index is 0.158. The number of rotatable bonds is 4. The van der Waals surface area contributed by atoms with E-state index in [0.29, 0.717) is 12.2 Å². The molecule has 5 nitrogen and oxygen atoms in total. The number of aromatic nitrogens is 3. The van der Waals surface area contributed by atoms with E-state index in [1.165, 1.54) is 0 Å². The summed E-state index contributed by atoms with van der Waals surface area (Å²) in [6.07, 6.45) is 0.649. The summed E-state index contributed by atoms with van der Waals surface area (Å²) in [4.78, 5) is 4.26. The molecule has 0 aliphatic rings. The van der Waals surface area contributed by atoms with Gasteiger partial charge >= 0.3 is 0 Å². The van der Waals surface area contributed by atoms with Gasteiger partial charge in [0.05, 0.1) is 0 Å². The maximum Gasteiger partial charge on any atom is 0.242 e. The van der Waals surface area contributed by atoms with E-state index in [2.05, 4.69) is 20.5 Å². The van der Waals surface area contributed by atoms with Gasteiger partial charge in [-0.2, -0.15) is 4.98 Å². The average molecular weight is 277 g/mol. The highest BCUT2D eigenvalue weighted by atomic mass is 15.2. The topological polar surface area (TPSA) is 76.7 Å². The van der Waals surface area contributed by atoms with Crippen LogP contribution in [-0.2, 0) is 6.42 Å². The summed E-state index contributed by atoms with van der Waals surface area (Å²) in [7, 11) is 0. The fourth-order valence-corrected chi connectivity index (χ4v) is 2.03. The highest BCUT2D eigenvalue weighted by molar-refractivity contribution is 5.59. The highest BCUT2D eigenvalue weighted by Crippen LogP contribution is 2.19. The fraction of sp³-hybridized carbons (Fsp3) is 0.0625. The molecule has 3 N–H and O–H groups in total. The summed E-state index contributed by atoms with van der Waals surface area (Å²) >= 11 is 0. The lowest BCUT2D eigenvalue weighted by Crippen LogP contribution is -2.07. The van der Waals surface area contributed by atoms with Gasteiger partial charge in [-0.25, -0.2) is 0 Å². The molecule has 0 radical (unpaired) electrons. The largest absolute Gasteiger partial charge is 0.366 e. The Morgan fingerprint density at radius 2 is 1.52 bits per heavy atom. The number of nitrogens with zero attached hydrogens (tertiary/aromatic N) is 3. The lowest BCUT2D eigenvalue weighted by molar-refractivity contribution is 0.909. The van der Waals surface area contributed by atoms with Gasteiger partial charge in [0.2, 0.25) is 5.95 Å². The minimum Gasteiger partial charge on any atom is -0.366 e. The van der Waals surface area contributed by atoms with Crippen LogP contribution in [0.15, 0.2) is 60.7 Å². The van der Waals surface area contributed by atoms with Crippen molar-refractivity contribution in [1.29, 1.82) is 0 Å². The standard InChI is InChI=1S/C16H15N5/c17-16-19-15(18-13-9-5-2-6-10-13)14(20-21-16)11-12-7-3-1-4-8-12/h1-10H,11H2,(H3,17,18,19,21). The first-order chi connectivity index (χ1) is 10.3. The molecule has 21 heavy (non-hydrogen) atoms. The van der Waals surface area contributed by atoms with E-state index in [4.69, 9.17) is 5.73 Å². The Balaban J connectivity index is 1.90. The second-order valence-electron chi connectivity index (χ2n) is 4.62. The fourth-order valence-electron chi connectivity index (χ4n) is 2.03. The zero-order valence-electron chi connectivity index (χ0n) is 11.4. The van der Waals surface area contributed by atoms with Crippen LogP contribution in [0.1, 0.15) is 11.3 Å². The Kier molecular flexibility index (Phi) is 3.73. The molecular formula is C16H15N5. The second-order valence-corrected chi connectivity index (χ2v) is 4.62. The molecule has 1 aromatic heterocycles. The number of hydrogen-bond donors (Lipinski definition) is 2. The van der Waals surface area contributed by atoms with Gasteiger partial charge in [0.25, 0.3) is 0 Å². The summed E-state index contributed by atoms with van der Waals surface area (Å²) in [5, 5.41) is 11.3. The first kappa shape index (κ1) is 13.1. The normalized spacial score (nSPS) is 10.3. The molecule has 5 heteroatoms. The number of nitrogen functional groups attached to an aromatic ring is 1. The van der Waals surface area contributed by atoms with E-state index in [9.17, 15) is 0 Å². The van der Waals surface area contributed by atoms with Crippen LogP contribution in [0.4, 0.5) is 17.5 Å². The molecule has 2 aromatic carbocycles. The van der Waals surface area contributed by atoms with E-state index in [0.717, 1.165) is 16.9 Å². The quantitative estimate of drug-likeness (QED) is 0.766. The van der Waals surface area contributed by atoms with Gasteiger partial charge in [-0.15, -0.1) is 10.2 Å². The SMILES string of the molecule is Nc1nnc(Cc2ccccc2)c(Nc2ccccc2)n1. The van der Waals surface area contributed by atoms with Crippen LogP contribution in [0.2, 0.25) is 0 Å². The van der Waals surface area contributed by atoms with E-state index in [1.807, 2.05) is 60.7 Å². The van der Waals surface area contributed by atoms with Crippen molar-refractivity contribution in [3.05, 3.63) is 71.9 Å². The molecule has 0 fully saturated rings. The van der Waals surface area contributed by atoms with Gasteiger partial charge in [0.15, 0.2) is 5.82 Å². The van der Waals surface area contributed by atoms with Crippen molar-refractivity contribution in [3.63, 3.8) is 0 Å². The molecular weight excluding hydrogens is 262 g/mol. The van der Waals surface area contributed by atoms with Gasteiger partial charge in [0.1, 0.15) is 5.69 Å². The first-order valence-electron chi connectivity index (χ1n) is 6.66. The third-order valence-electron chi connectivity index (χ3n) is 3.02. The number of hydrogen-bond acceptors (Lipinski definition) is 5. The number of nitrogens with two attached hydrogens (primary N) is 1. The van der Waals surface area contributed by atoms with Crippen LogP contribution in [0.25, 0.3) is 0 Å². The molecule has 0 spiro atoms. The molecule has 0 atom stereocenters. The van der Waals surface area contributed by atoms with Crippen LogP contribution >= 0.6 is 0 Å². The summed E-state index contributed by atoms with van der Waals surface area (Å²) in [5.74, 6) is 0.794.